The molecule has 2 aromatic heterocycles. The molecule has 0 aliphatic carbocycles. The van der Waals surface area contributed by atoms with E-state index in [1.54, 1.807) is 16.3 Å². The quantitative estimate of drug-likeness (QED) is 0.514. The summed E-state index contributed by atoms with van der Waals surface area (Å²) in [6, 6.07) is 0. The molecule has 0 saturated carbocycles. The molecular formula is C12H16N4O4S. The predicted octanol–water partition coefficient (Wildman–Crippen LogP) is -0.450. The summed E-state index contributed by atoms with van der Waals surface area (Å²) in [4.78, 5) is 12.6. The lowest BCUT2D eigenvalue weighted by molar-refractivity contribution is -0.0511. The van der Waals surface area contributed by atoms with Crippen molar-refractivity contribution < 1.29 is 20.1 Å². The maximum atomic E-state index is 10.1. The summed E-state index contributed by atoms with van der Waals surface area (Å²) in [7, 11) is 0. The minimum Gasteiger partial charge on any atom is -0.394 e. The Morgan fingerprint density at radius 2 is 2.10 bits per heavy atom. The number of aromatic nitrogens is 4. The van der Waals surface area contributed by atoms with Crippen molar-refractivity contribution in [2.24, 2.45) is 0 Å². The van der Waals surface area contributed by atoms with Crippen LogP contribution in [-0.4, -0.2) is 65.5 Å². The van der Waals surface area contributed by atoms with E-state index in [0.717, 1.165) is 10.8 Å². The average molecular weight is 312 g/mol. The van der Waals surface area contributed by atoms with Crippen molar-refractivity contribution in [3.05, 3.63) is 12.7 Å². The molecule has 1 aliphatic heterocycles. The Kier molecular flexibility index (Phi) is 4.09. The lowest BCUT2D eigenvalue weighted by atomic mass is 10.1. The van der Waals surface area contributed by atoms with Crippen LogP contribution in [0.2, 0.25) is 0 Å². The Morgan fingerprint density at radius 3 is 2.76 bits per heavy atom. The molecule has 0 aromatic carbocycles. The summed E-state index contributed by atoms with van der Waals surface area (Å²) >= 11 is 1.55. The zero-order chi connectivity index (χ0) is 15.0. The van der Waals surface area contributed by atoms with Gasteiger partial charge in [-0.25, -0.2) is 15.0 Å². The zero-order valence-corrected chi connectivity index (χ0v) is 12.1. The Balaban J connectivity index is 2.00. The lowest BCUT2D eigenvalue weighted by Crippen LogP contribution is -2.33. The van der Waals surface area contributed by atoms with Crippen LogP contribution >= 0.6 is 11.8 Å². The largest absolute Gasteiger partial charge is 0.394 e. The van der Waals surface area contributed by atoms with Crippen LogP contribution in [0.4, 0.5) is 0 Å². The molecule has 0 spiro atoms. The summed E-state index contributed by atoms with van der Waals surface area (Å²) in [5.74, 6) is 0.854. The molecule has 2 aromatic rings. The normalized spacial score (nSPS) is 29.3. The fourth-order valence-corrected chi connectivity index (χ4v) is 3.04. The van der Waals surface area contributed by atoms with E-state index < -0.39 is 24.5 Å². The molecule has 0 amide bonds. The summed E-state index contributed by atoms with van der Waals surface area (Å²) in [6.07, 6.45) is -1.04. The number of hydrogen-bond donors (Lipinski definition) is 3. The number of thioether (sulfide) groups is 1. The van der Waals surface area contributed by atoms with Gasteiger partial charge in [0.05, 0.1) is 12.9 Å². The third-order valence-electron chi connectivity index (χ3n) is 3.40. The summed E-state index contributed by atoms with van der Waals surface area (Å²) in [5, 5.41) is 29.8. The standard InChI is InChI=1S/C12H16N4O4S/c1-2-21-11-7-10(13-4-14-11)16(5-15-7)12-9(19)8(18)6(3-17)20-12/h4-6,8-9,12,17-19H,2-3H2,1H3/t6-,8+,9+,12+/m0/s1. The number of fused-ring (bicyclic) bond motifs is 1. The Morgan fingerprint density at radius 1 is 1.29 bits per heavy atom. The van der Waals surface area contributed by atoms with E-state index in [2.05, 4.69) is 15.0 Å². The third-order valence-corrected chi connectivity index (χ3v) is 4.26. The van der Waals surface area contributed by atoms with Crippen molar-refractivity contribution >= 4 is 22.9 Å². The van der Waals surface area contributed by atoms with Gasteiger partial charge in [-0.1, -0.05) is 6.92 Å². The van der Waals surface area contributed by atoms with Crippen molar-refractivity contribution in [1.82, 2.24) is 19.5 Å². The van der Waals surface area contributed by atoms with Crippen LogP contribution in [0, 0.1) is 0 Å². The smallest absolute Gasteiger partial charge is 0.166 e. The maximum absolute atomic E-state index is 10.1. The van der Waals surface area contributed by atoms with Gasteiger partial charge in [-0.15, -0.1) is 11.8 Å². The van der Waals surface area contributed by atoms with E-state index >= 15 is 0 Å². The highest BCUT2D eigenvalue weighted by Crippen LogP contribution is 2.32. The van der Waals surface area contributed by atoms with Crippen LogP contribution in [0.25, 0.3) is 11.2 Å². The van der Waals surface area contributed by atoms with E-state index in [1.807, 2.05) is 6.92 Å². The van der Waals surface area contributed by atoms with Crippen LogP contribution < -0.4 is 0 Å². The molecule has 3 N–H and O–H groups in total. The first-order valence-electron chi connectivity index (χ1n) is 6.60. The predicted molar refractivity (Wildman–Crippen MR) is 74.7 cm³/mol. The monoisotopic (exact) mass is 312 g/mol. The van der Waals surface area contributed by atoms with Gasteiger partial charge in [-0.05, 0) is 5.75 Å². The minimum absolute atomic E-state index is 0.368. The number of ether oxygens (including phenoxy) is 1. The number of nitrogens with zero attached hydrogens (tertiary/aromatic N) is 4. The Labute approximate surface area is 124 Å². The van der Waals surface area contributed by atoms with Gasteiger partial charge in [0.2, 0.25) is 0 Å². The minimum atomic E-state index is -1.16. The molecule has 21 heavy (non-hydrogen) atoms. The van der Waals surface area contributed by atoms with Crippen LogP contribution in [0.1, 0.15) is 13.2 Å². The fraction of sp³-hybridized carbons (Fsp3) is 0.583. The lowest BCUT2D eigenvalue weighted by Gasteiger charge is -2.16. The highest BCUT2D eigenvalue weighted by atomic mass is 32.2. The number of rotatable bonds is 4. The van der Waals surface area contributed by atoms with Gasteiger partial charge < -0.3 is 20.1 Å². The van der Waals surface area contributed by atoms with Gasteiger partial charge in [-0.2, -0.15) is 0 Å². The van der Waals surface area contributed by atoms with E-state index in [0.29, 0.717) is 11.2 Å². The van der Waals surface area contributed by atoms with Gasteiger partial charge >= 0.3 is 0 Å². The first-order valence-corrected chi connectivity index (χ1v) is 7.58. The van der Waals surface area contributed by atoms with E-state index in [1.165, 1.54) is 12.7 Å². The van der Waals surface area contributed by atoms with Crippen LogP contribution in [0.15, 0.2) is 17.7 Å². The molecule has 4 atom stereocenters. The third kappa shape index (κ3) is 2.40. The van der Waals surface area contributed by atoms with E-state index in [4.69, 9.17) is 9.84 Å². The van der Waals surface area contributed by atoms with Crippen LogP contribution in [-0.2, 0) is 4.74 Å². The molecule has 0 radical (unpaired) electrons. The van der Waals surface area contributed by atoms with E-state index in [9.17, 15) is 10.2 Å². The highest BCUT2D eigenvalue weighted by Gasteiger charge is 2.43. The van der Waals surface area contributed by atoms with Crippen LogP contribution in [0.5, 0.6) is 0 Å². The van der Waals surface area contributed by atoms with Crippen molar-refractivity contribution in [2.75, 3.05) is 12.4 Å². The van der Waals surface area contributed by atoms with Crippen molar-refractivity contribution in [2.45, 2.75) is 36.5 Å². The van der Waals surface area contributed by atoms with Gasteiger partial charge in [0.25, 0.3) is 0 Å². The van der Waals surface area contributed by atoms with Gasteiger partial charge in [-0.3, -0.25) is 4.57 Å². The second-order valence-electron chi connectivity index (χ2n) is 4.66. The molecule has 114 valence electrons. The SMILES string of the molecule is CCSc1ncnc2c1ncn2[C@@H]1O[C@@H](CO)[C@@H](O)[C@H]1O. The van der Waals surface area contributed by atoms with Gasteiger partial charge in [0.15, 0.2) is 11.9 Å². The molecule has 3 heterocycles. The Hall–Kier alpha value is -1.26. The molecular weight excluding hydrogens is 296 g/mol. The highest BCUT2D eigenvalue weighted by molar-refractivity contribution is 7.99. The first kappa shape index (κ1) is 14.7. The number of aliphatic hydroxyl groups is 3. The average Bonchev–Trinajstić information content (AvgIpc) is 3.03. The maximum Gasteiger partial charge on any atom is 0.166 e. The molecule has 8 nitrogen and oxygen atoms in total. The van der Waals surface area contributed by atoms with Crippen LogP contribution in [0.3, 0.4) is 0 Å². The van der Waals surface area contributed by atoms with Gasteiger partial charge in [0.1, 0.15) is 35.2 Å². The number of imidazole rings is 1. The molecule has 3 rings (SSSR count). The topological polar surface area (TPSA) is 114 Å². The van der Waals surface area contributed by atoms with Gasteiger partial charge in [0, 0.05) is 0 Å². The summed E-state index contributed by atoms with van der Waals surface area (Å²) in [5.41, 5.74) is 1.15. The second-order valence-corrected chi connectivity index (χ2v) is 5.92. The molecule has 9 heteroatoms. The van der Waals surface area contributed by atoms with Crippen molar-refractivity contribution in [1.29, 1.82) is 0 Å². The Bertz CT molecular complexity index is 637. The zero-order valence-electron chi connectivity index (χ0n) is 11.3. The molecule has 0 bridgehead atoms. The molecule has 1 fully saturated rings. The summed E-state index contributed by atoms with van der Waals surface area (Å²) < 4.78 is 7.05. The molecule has 1 aliphatic rings. The summed E-state index contributed by atoms with van der Waals surface area (Å²) in [6.45, 7) is 1.65. The second kappa shape index (κ2) is 5.85. The number of aliphatic hydroxyl groups excluding tert-OH is 3. The van der Waals surface area contributed by atoms with Crippen molar-refractivity contribution in [3.8, 4) is 0 Å². The van der Waals surface area contributed by atoms with E-state index in [-0.39, 0.29) is 6.61 Å². The van der Waals surface area contributed by atoms with Crippen molar-refractivity contribution in [3.63, 3.8) is 0 Å². The molecule has 1 saturated heterocycles. The number of hydrogen-bond acceptors (Lipinski definition) is 8. The fourth-order valence-electron chi connectivity index (χ4n) is 2.37. The first-order chi connectivity index (χ1) is 10.2. The molecule has 0 unspecified atom stereocenters.